The Morgan fingerprint density at radius 1 is 1.33 bits per heavy atom. The molecule has 0 bridgehead atoms. The van der Waals surface area contributed by atoms with E-state index in [1.165, 1.54) is 0 Å². The summed E-state index contributed by atoms with van der Waals surface area (Å²) in [6, 6.07) is 9.47. The van der Waals surface area contributed by atoms with Crippen LogP contribution in [0.4, 0.5) is 0 Å². The van der Waals surface area contributed by atoms with E-state index in [0.29, 0.717) is 23.8 Å². The Morgan fingerprint density at radius 3 is 2.67 bits per heavy atom. The van der Waals surface area contributed by atoms with E-state index in [1.54, 1.807) is 13.8 Å². The molecule has 6 nitrogen and oxygen atoms in total. The Hall–Kier alpha value is -2.15. The second-order valence-corrected chi connectivity index (χ2v) is 8.70. The van der Waals surface area contributed by atoms with Crippen molar-refractivity contribution in [1.29, 1.82) is 0 Å². The van der Waals surface area contributed by atoms with Crippen molar-refractivity contribution in [1.82, 2.24) is 10.3 Å². The Morgan fingerprint density at radius 2 is 2.04 bits per heavy atom. The highest BCUT2D eigenvalue weighted by Crippen LogP contribution is 2.24. The standard InChI is InChI=1S/C17H20N2O4S/c1-12-14(18-16(23-12)13-6-4-3-5-7-13)10-15(20)19-17(2)8-9-24(21,22)11-17/h3-7H,8-11H2,1-2H3,(H,19,20). The van der Waals surface area contributed by atoms with Crippen LogP contribution in [0.25, 0.3) is 11.5 Å². The molecular formula is C17H20N2O4S. The average molecular weight is 348 g/mol. The summed E-state index contributed by atoms with van der Waals surface area (Å²) in [6.45, 7) is 3.53. The van der Waals surface area contributed by atoms with Crippen LogP contribution in [-0.4, -0.2) is 36.4 Å². The number of rotatable bonds is 4. The number of aromatic nitrogens is 1. The van der Waals surface area contributed by atoms with Crippen LogP contribution in [0.15, 0.2) is 34.7 Å². The van der Waals surface area contributed by atoms with E-state index in [9.17, 15) is 13.2 Å². The average Bonchev–Trinajstić information content (AvgIpc) is 2.99. The molecule has 1 fully saturated rings. The molecule has 3 rings (SSSR count). The third-order valence-corrected chi connectivity index (χ3v) is 6.09. The van der Waals surface area contributed by atoms with Crippen LogP contribution in [0, 0.1) is 6.92 Å². The first-order chi connectivity index (χ1) is 11.3. The predicted molar refractivity (Wildman–Crippen MR) is 90.2 cm³/mol. The zero-order valence-corrected chi connectivity index (χ0v) is 14.5. The number of carbonyl (C=O) groups is 1. The number of nitrogens with zero attached hydrogens (tertiary/aromatic N) is 1. The van der Waals surface area contributed by atoms with Crippen LogP contribution >= 0.6 is 0 Å². The number of nitrogens with one attached hydrogen (secondary N) is 1. The molecule has 1 aliphatic rings. The summed E-state index contributed by atoms with van der Waals surface area (Å²) in [5.74, 6) is 0.924. The molecule has 0 spiro atoms. The van der Waals surface area contributed by atoms with Crippen LogP contribution in [-0.2, 0) is 21.1 Å². The van der Waals surface area contributed by atoms with Crippen molar-refractivity contribution in [3.05, 3.63) is 41.8 Å². The first-order valence-corrected chi connectivity index (χ1v) is 9.62. The first kappa shape index (κ1) is 16.7. The molecule has 1 N–H and O–H groups in total. The predicted octanol–water partition coefficient (Wildman–Crippen LogP) is 1.89. The molecule has 0 aliphatic carbocycles. The van der Waals surface area contributed by atoms with Gasteiger partial charge in [0.25, 0.3) is 0 Å². The lowest BCUT2D eigenvalue weighted by atomic mass is 10.0. The molecule has 1 aliphatic heterocycles. The molecule has 0 saturated carbocycles. The summed E-state index contributed by atoms with van der Waals surface area (Å²) in [5, 5.41) is 2.84. The number of aryl methyl sites for hydroxylation is 1. The van der Waals surface area contributed by atoms with Gasteiger partial charge in [-0.05, 0) is 32.4 Å². The van der Waals surface area contributed by atoms with Crippen LogP contribution in [0.5, 0.6) is 0 Å². The molecule has 2 aromatic rings. The summed E-state index contributed by atoms with van der Waals surface area (Å²) in [6.07, 6.45) is 0.506. The van der Waals surface area contributed by atoms with Gasteiger partial charge in [-0.3, -0.25) is 4.79 Å². The van der Waals surface area contributed by atoms with Crippen molar-refractivity contribution in [3.63, 3.8) is 0 Å². The Bertz CT molecular complexity index is 858. The lowest BCUT2D eigenvalue weighted by Crippen LogP contribution is -2.47. The Labute approximate surface area is 141 Å². The fourth-order valence-electron chi connectivity index (χ4n) is 2.94. The van der Waals surface area contributed by atoms with E-state index >= 15 is 0 Å². The minimum absolute atomic E-state index is 0.0151. The highest BCUT2D eigenvalue weighted by Gasteiger charge is 2.39. The first-order valence-electron chi connectivity index (χ1n) is 7.80. The fourth-order valence-corrected chi connectivity index (χ4v) is 5.03. The number of sulfone groups is 1. The minimum atomic E-state index is -3.06. The smallest absolute Gasteiger partial charge is 0.226 e. The molecule has 24 heavy (non-hydrogen) atoms. The van der Waals surface area contributed by atoms with Crippen LogP contribution in [0.3, 0.4) is 0 Å². The van der Waals surface area contributed by atoms with Crippen LogP contribution < -0.4 is 5.32 Å². The van der Waals surface area contributed by atoms with E-state index in [-0.39, 0.29) is 23.8 Å². The normalized spacial score (nSPS) is 22.4. The van der Waals surface area contributed by atoms with Crippen molar-refractivity contribution in [2.75, 3.05) is 11.5 Å². The molecule has 1 atom stereocenters. The highest BCUT2D eigenvalue weighted by molar-refractivity contribution is 7.91. The third kappa shape index (κ3) is 3.67. The molecule has 1 saturated heterocycles. The number of benzene rings is 1. The summed E-state index contributed by atoms with van der Waals surface area (Å²) >= 11 is 0. The minimum Gasteiger partial charge on any atom is -0.441 e. The zero-order chi connectivity index (χ0) is 17.4. The van der Waals surface area contributed by atoms with Crippen LogP contribution in [0.1, 0.15) is 24.8 Å². The van der Waals surface area contributed by atoms with Crippen molar-refractivity contribution >= 4 is 15.7 Å². The van der Waals surface area contributed by atoms with E-state index in [0.717, 1.165) is 5.56 Å². The molecule has 128 valence electrons. The van der Waals surface area contributed by atoms with Gasteiger partial charge in [-0.2, -0.15) is 0 Å². The van der Waals surface area contributed by atoms with Crippen molar-refractivity contribution < 1.29 is 17.6 Å². The van der Waals surface area contributed by atoms with E-state index in [4.69, 9.17) is 4.42 Å². The highest BCUT2D eigenvalue weighted by atomic mass is 32.2. The second kappa shape index (κ2) is 6.05. The van der Waals surface area contributed by atoms with Gasteiger partial charge in [0.05, 0.1) is 29.2 Å². The maximum absolute atomic E-state index is 12.3. The summed E-state index contributed by atoms with van der Waals surface area (Å²) in [7, 11) is -3.06. The van der Waals surface area contributed by atoms with Crippen molar-refractivity contribution in [2.24, 2.45) is 0 Å². The molecule has 1 unspecified atom stereocenters. The topological polar surface area (TPSA) is 89.3 Å². The second-order valence-electron chi connectivity index (χ2n) is 6.52. The number of hydrogen-bond donors (Lipinski definition) is 1. The van der Waals surface area contributed by atoms with Gasteiger partial charge in [-0.1, -0.05) is 18.2 Å². The monoisotopic (exact) mass is 348 g/mol. The number of amides is 1. The number of oxazole rings is 1. The Kier molecular flexibility index (Phi) is 4.21. The van der Waals surface area contributed by atoms with Gasteiger partial charge in [-0.25, -0.2) is 13.4 Å². The van der Waals surface area contributed by atoms with Gasteiger partial charge in [0, 0.05) is 5.56 Å². The molecular weight excluding hydrogens is 328 g/mol. The maximum Gasteiger partial charge on any atom is 0.226 e. The number of carbonyl (C=O) groups excluding carboxylic acids is 1. The van der Waals surface area contributed by atoms with Gasteiger partial charge in [0.15, 0.2) is 9.84 Å². The molecule has 1 aromatic heterocycles. The largest absolute Gasteiger partial charge is 0.441 e. The van der Waals surface area contributed by atoms with E-state index in [1.807, 2.05) is 30.3 Å². The summed E-state index contributed by atoms with van der Waals surface area (Å²) in [5.41, 5.74) is 0.715. The summed E-state index contributed by atoms with van der Waals surface area (Å²) in [4.78, 5) is 16.7. The molecule has 1 amide bonds. The molecule has 7 heteroatoms. The summed E-state index contributed by atoms with van der Waals surface area (Å²) < 4.78 is 28.9. The van der Waals surface area contributed by atoms with Gasteiger partial charge in [-0.15, -0.1) is 0 Å². The van der Waals surface area contributed by atoms with Crippen molar-refractivity contribution in [2.45, 2.75) is 32.2 Å². The molecule has 0 radical (unpaired) electrons. The van der Waals surface area contributed by atoms with Crippen LogP contribution in [0.2, 0.25) is 0 Å². The quantitative estimate of drug-likeness (QED) is 0.911. The van der Waals surface area contributed by atoms with Gasteiger partial charge in [0.1, 0.15) is 5.76 Å². The third-order valence-electron chi connectivity index (χ3n) is 4.19. The molecule has 2 heterocycles. The Balaban J connectivity index is 1.70. The maximum atomic E-state index is 12.3. The van der Waals surface area contributed by atoms with Gasteiger partial charge >= 0.3 is 0 Å². The molecule has 1 aromatic carbocycles. The SMILES string of the molecule is Cc1oc(-c2ccccc2)nc1CC(=O)NC1(C)CCS(=O)(=O)C1. The fraction of sp³-hybridized carbons (Fsp3) is 0.412. The van der Waals surface area contributed by atoms with E-state index in [2.05, 4.69) is 10.3 Å². The van der Waals surface area contributed by atoms with Crippen molar-refractivity contribution in [3.8, 4) is 11.5 Å². The van der Waals surface area contributed by atoms with E-state index < -0.39 is 15.4 Å². The lowest BCUT2D eigenvalue weighted by molar-refractivity contribution is -0.122. The van der Waals surface area contributed by atoms with Gasteiger partial charge in [0.2, 0.25) is 11.8 Å². The zero-order valence-electron chi connectivity index (χ0n) is 13.7. The van der Waals surface area contributed by atoms with Gasteiger partial charge < -0.3 is 9.73 Å². The lowest BCUT2D eigenvalue weighted by Gasteiger charge is -2.23. The number of hydrogen-bond acceptors (Lipinski definition) is 5.